The number of carbonyl (C=O) groups excluding carboxylic acids is 1. The molecule has 5 heteroatoms. The average Bonchev–Trinajstić information content (AvgIpc) is 2.55. The first-order valence-corrected chi connectivity index (χ1v) is 7.22. The van der Waals surface area contributed by atoms with Crippen molar-refractivity contribution in [2.24, 2.45) is 0 Å². The molecule has 116 valence electrons. The van der Waals surface area contributed by atoms with E-state index < -0.39 is 0 Å². The molecule has 2 aromatic rings. The smallest absolute Gasteiger partial charge is 0.176 e. The van der Waals surface area contributed by atoms with Crippen molar-refractivity contribution < 1.29 is 14.3 Å². The van der Waals surface area contributed by atoms with Crippen molar-refractivity contribution in [2.75, 3.05) is 20.8 Å². The maximum Gasteiger partial charge on any atom is 0.176 e. The van der Waals surface area contributed by atoms with Crippen LogP contribution in [0.3, 0.4) is 0 Å². The van der Waals surface area contributed by atoms with E-state index in [4.69, 9.17) is 21.1 Å². The molecule has 0 aromatic heterocycles. The number of methoxy groups -OCH3 is 2. The zero-order valence-electron chi connectivity index (χ0n) is 12.6. The van der Waals surface area contributed by atoms with Gasteiger partial charge in [0.25, 0.3) is 0 Å². The van der Waals surface area contributed by atoms with Gasteiger partial charge in [-0.3, -0.25) is 4.79 Å². The molecule has 0 spiro atoms. The highest BCUT2D eigenvalue weighted by molar-refractivity contribution is 6.30. The standard InChI is InChI=1S/C17H18ClNO3/c1-21-15-8-5-13(17(9-15)22-2)10-19-11-16(20)12-3-6-14(18)7-4-12/h3-9,19H,10-11H2,1-2H3. The Kier molecular flexibility index (Phi) is 5.81. The molecule has 22 heavy (non-hydrogen) atoms. The van der Waals surface area contributed by atoms with Crippen molar-refractivity contribution in [2.45, 2.75) is 6.54 Å². The molecule has 0 aliphatic heterocycles. The van der Waals surface area contributed by atoms with Crippen LogP contribution in [0.1, 0.15) is 15.9 Å². The van der Waals surface area contributed by atoms with Crippen LogP contribution in [-0.4, -0.2) is 26.5 Å². The molecule has 0 aliphatic rings. The molecule has 0 bridgehead atoms. The molecule has 0 saturated carbocycles. The summed E-state index contributed by atoms with van der Waals surface area (Å²) in [6.45, 7) is 0.781. The third-order valence-electron chi connectivity index (χ3n) is 3.26. The summed E-state index contributed by atoms with van der Waals surface area (Å²) in [6, 6.07) is 12.5. The minimum absolute atomic E-state index is 0.0177. The van der Waals surface area contributed by atoms with Crippen molar-refractivity contribution in [3.8, 4) is 11.5 Å². The Labute approximate surface area is 135 Å². The number of halogens is 1. The molecular weight excluding hydrogens is 302 g/mol. The molecule has 4 nitrogen and oxygen atoms in total. The Morgan fingerprint density at radius 1 is 1.09 bits per heavy atom. The van der Waals surface area contributed by atoms with Gasteiger partial charge in [-0.1, -0.05) is 17.7 Å². The van der Waals surface area contributed by atoms with Crippen LogP contribution >= 0.6 is 11.6 Å². The van der Waals surface area contributed by atoms with Crippen LogP contribution < -0.4 is 14.8 Å². The first kappa shape index (κ1) is 16.3. The third kappa shape index (κ3) is 4.23. The summed E-state index contributed by atoms with van der Waals surface area (Å²) >= 11 is 5.81. The molecule has 0 fully saturated rings. The second-order valence-electron chi connectivity index (χ2n) is 4.71. The van der Waals surface area contributed by atoms with Crippen LogP contribution in [0.15, 0.2) is 42.5 Å². The van der Waals surface area contributed by atoms with E-state index in [-0.39, 0.29) is 12.3 Å². The van der Waals surface area contributed by atoms with Crippen LogP contribution in [0, 0.1) is 0 Å². The van der Waals surface area contributed by atoms with Crippen molar-refractivity contribution in [3.05, 3.63) is 58.6 Å². The molecule has 0 amide bonds. The Bertz CT molecular complexity index is 641. The highest BCUT2D eigenvalue weighted by atomic mass is 35.5. The second-order valence-corrected chi connectivity index (χ2v) is 5.15. The lowest BCUT2D eigenvalue weighted by molar-refractivity contribution is 0.0990. The predicted molar refractivity (Wildman–Crippen MR) is 87.0 cm³/mol. The van der Waals surface area contributed by atoms with E-state index in [1.165, 1.54) is 0 Å². The molecule has 0 atom stereocenters. The fraction of sp³-hybridized carbons (Fsp3) is 0.235. The van der Waals surface area contributed by atoms with Crippen LogP contribution in [0.4, 0.5) is 0 Å². The molecule has 0 aliphatic carbocycles. The predicted octanol–water partition coefficient (Wildman–Crippen LogP) is 3.33. The molecule has 0 heterocycles. The molecule has 1 N–H and O–H groups in total. The summed E-state index contributed by atoms with van der Waals surface area (Å²) in [5.74, 6) is 1.48. The van der Waals surface area contributed by atoms with Crippen LogP contribution in [0.25, 0.3) is 0 Å². The number of ketones is 1. The molecular formula is C17H18ClNO3. The monoisotopic (exact) mass is 319 g/mol. The number of hydrogen-bond acceptors (Lipinski definition) is 4. The van der Waals surface area contributed by atoms with Crippen LogP contribution in [0.2, 0.25) is 5.02 Å². The summed E-state index contributed by atoms with van der Waals surface area (Å²) in [5, 5.41) is 3.74. The van der Waals surface area contributed by atoms with Crippen molar-refractivity contribution in [1.82, 2.24) is 5.32 Å². The fourth-order valence-corrected chi connectivity index (χ4v) is 2.17. The van der Waals surface area contributed by atoms with Crippen LogP contribution in [0.5, 0.6) is 11.5 Å². The van der Waals surface area contributed by atoms with Gasteiger partial charge in [0, 0.05) is 28.8 Å². The van der Waals surface area contributed by atoms with E-state index in [2.05, 4.69) is 5.32 Å². The second kappa shape index (κ2) is 7.82. The Morgan fingerprint density at radius 2 is 1.82 bits per heavy atom. The summed E-state index contributed by atoms with van der Waals surface area (Å²) in [5.41, 5.74) is 1.60. The summed E-state index contributed by atoms with van der Waals surface area (Å²) in [6.07, 6.45) is 0. The highest BCUT2D eigenvalue weighted by Gasteiger charge is 2.08. The number of rotatable bonds is 7. The Hall–Kier alpha value is -2.04. The van der Waals surface area contributed by atoms with Gasteiger partial charge in [0.2, 0.25) is 0 Å². The van der Waals surface area contributed by atoms with Gasteiger partial charge in [-0.15, -0.1) is 0 Å². The van der Waals surface area contributed by atoms with E-state index in [9.17, 15) is 4.79 Å². The quantitative estimate of drug-likeness (QED) is 0.795. The number of hydrogen-bond donors (Lipinski definition) is 1. The maximum atomic E-state index is 12.0. The van der Waals surface area contributed by atoms with Gasteiger partial charge in [0.1, 0.15) is 11.5 Å². The van der Waals surface area contributed by atoms with Crippen molar-refractivity contribution >= 4 is 17.4 Å². The van der Waals surface area contributed by atoms with Gasteiger partial charge in [-0.05, 0) is 30.3 Å². The van der Waals surface area contributed by atoms with Crippen molar-refractivity contribution in [1.29, 1.82) is 0 Å². The van der Waals surface area contributed by atoms with Crippen molar-refractivity contribution in [3.63, 3.8) is 0 Å². The number of nitrogens with one attached hydrogen (secondary N) is 1. The summed E-state index contributed by atoms with van der Waals surface area (Å²) in [7, 11) is 3.22. The lowest BCUT2D eigenvalue weighted by atomic mass is 10.1. The van der Waals surface area contributed by atoms with Gasteiger partial charge in [-0.25, -0.2) is 0 Å². The highest BCUT2D eigenvalue weighted by Crippen LogP contribution is 2.24. The number of benzene rings is 2. The van der Waals surface area contributed by atoms with Gasteiger partial charge in [-0.2, -0.15) is 0 Å². The molecule has 0 saturated heterocycles. The van der Waals surface area contributed by atoms with Gasteiger partial charge in [0.15, 0.2) is 5.78 Å². The summed E-state index contributed by atoms with van der Waals surface area (Å²) in [4.78, 5) is 12.0. The zero-order valence-corrected chi connectivity index (χ0v) is 13.3. The normalized spacial score (nSPS) is 10.3. The molecule has 0 unspecified atom stereocenters. The Balaban J connectivity index is 1.93. The third-order valence-corrected chi connectivity index (χ3v) is 3.51. The number of ether oxygens (including phenoxy) is 2. The van der Waals surface area contributed by atoms with E-state index in [0.717, 1.165) is 17.1 Å². The van der Waals surface area contributed by atoms with Gasteiger partial charge >= 0.3 is 0 Å². The van der Waals surface area contributed by atoms with Crippen LogP contribution in [-0.2, 0) is 6.54 Å². The van der Waals surface area contributed by atoms with Gasteiger partial charge < -0.3 is 14.8 Å². The number of carbonyl (C=O) groups is 1. The first-order valence-electron chi connectivity index (χ1n) is 6.84. The van der Waals surface area contributed by atoms with E-state index in [1.54, 1.807) is 38.5 Å². The van der Waals surface area contributed by atoms with E-state index in [1.807, 2.05) is 18.2 Å². The molecule has 2 aromatic carbocycles. The van der Waals surface area contributed by atoms with E-state index in [0.29, 0.717) is 17.1 Å². The SMILES string of the molecule is COc1ccc(CNCC(=O)c2ccc(Cl)cc2)c(OC)c1. The zero-order chi connectivity index (χ0) is 15.9. The number of Topliss-reactive ketones (excluding diaryl/α,β-unsaturated/α-hetero) is 1. The first-order chi connectivity index (χ1) is 10.6. The topological polar surface area (TPSA) is 47.6 Å². The lowest BCUT2D eigenvalue weighted by Crippen LogP contribution is -2.22. The fourth-order valence-electron chi connectivity index (χ4n) is 2.05. The lowest BCUT2D eigenvalue weighted by Gasteiger charge is -2.11. The largest absolute Gasteiger partial charge is 0.497 e. The van der Waals surface area contributed by atoms with E-state index >= 15 is 0 Å². The summed E-state index contributed by atoms with van der Waals surface area (Å²) < 4.78 is 10.5. The molecule has 0 radical (unpaired) electrons. The molecule has 2 rings (SSSR count). The average molecular weight is 320 g/mol. The minimum Gasteiger partial charge on any atom is -0.497 e. The minimum atomic E-state index is 0.0177. The van der Waals surface area contributed by atoms with Gasteiger partial charge in [0.05, 0.1) is 20.8 Å². The maximum absolute atomic E-state index is 12.0. The Morgan fingerprint density at radius 3 is 2.45 bits per heavy atom.